The van der Waals surface area contributed by atoms with Gasteiger partial charge in [-0.3, -0.25) is 0 Å². The van der Waals surface area contributed by atoms with Gasteiger partial charge in [0.25, 0.3) is 0 Å². The lowest BCUT2D eigenvalue weighted by atomic mass is 10.3. The first-order chi connectivity index (χ1) is 7.42. The molecule has 1 aromatic carbocycles. The van der Waals surface area contributed by atoms with Crippen LogP contribution in [0.25, 0.3) is 10.2 Å². The molecule has 3 nitrogen and oxygen atoms in total. The van der Waals surface area contributed by atoms with E-state index in [-0.39, 0.29) is 0 Å². The normalized spacial score (nSPS) is 10.7. The van der Waals surface area contributed by atoms with Crippen molar-refractivity contribution in [1.82, 2.24) is 9.97 Å². The van der Waals surface area contributed by atoms with Gasteiger partial charge in [0.05, 0.1) is 15.7 Å². The zero-order chi connectivity index (χ0) is 10.1. The second kappa shape index (κ2) is 3.40. The van der Waals surface area contributed by atoms with E-state index in [0.717, 1.165) is 17.1 Å². The van der Waals surface area contributed by atoms with Gasteiger partial charge in [-0.25, -0.2) is 4.98 Å². The van der Waals surface area contributed by atoms with Gasteiger partial charge in [0.1, 0.15) is 5.75 Å². The Morgan fingerprint density at radius 3 is 3.13 bits per heavy atom. The number of ether oxygens (including phenoxy) is 1. The quantitative estimate of drug-likeness (QED) is 0.712. The monoisotopic (exact) mass is 216 g/mol. The number of thiazole rings is 1. The van der Waals surface area contributed by atoms with Crippen molar-refractivity contribution in [3.63, 3.8) is 0 Å². The number of benzene rings is 1. The second-order valence-electron chi connectivity index (χ2n) is 3.12. The maximum atomic E-state index is 5.60. The van der Waals surface area contributed by atoms with E-state index >= 15 is 0 Å². The molecule has 2 aromatic heterocycles. The molecule has 0 unspecified atom stereocenters. The van der Waals surface area contributed by atoms with Crippen molar-refractivity contribution in [1.29, 1.82) is 0 Å². The highest BCUT2D eigenvalue weighted by Crippen LogP contribution is 2.25. The number of nitrogens with zero attached hydrogens (tertiary/aromatic N) is 1. The molecule has 0 radical (unpaired) electrons. The fourth-order valence-corrected chi connectivity index (χ4v) is 2.06. The van der Waals surface area contributed by atoms with Crippen LogP contribution in [0.15, 0.2) is 42.0 Å². The molecule has 0 spiro atoms. The van der Waals surface area contributed by atoms with E-state index in [4.69, 9.17) is 4.74 Å². The van der Waals surface area contributed by atoms with Crippen molar-refractivity contribution in [2.24, 2.45) is 0 Å². The van der Waals surface area contributed by atoms with Gasteiger partial charge in [-0.15, -0.1) is 11.3 Å². The third kappa shape index (κ3) is 1.59. The van der Waals surface area contributed by atoms with Gasteiger partial charge in [0, 0.05) is 18.3 Å². The predicted octanol–water partition coefficient (Wildman–Crippen LogP) is 3.42. The minimum atomic E-state index is 0.740. The van der Waals surface area contributed by atoms with Crippen LogP contribution in [0.3, 0.4) is 0 Å². The largest absolute Gasteiger partial charge is 0.441 e. The van der Waals surface area contributed by atoms with Gasteiger partial charge in [-0.05, 0) is 18.2 Å². The van der Waals surface area contributed by atoms with E-state index in [1.807, 2.05) is 42.0 Å². The predicted molar refractivity (Wildman–Crippen MR) is 60.5 cm³/mol. The molecule has 0 bridgehead atoms. The number of rotatable bonds is 2. The molecule has 0 amide bonds. The number of hydrogen-bond donors (Lipinski definition) is 1. The standard InChI is InChI=1S/C11H8N2OS/c1-2-11(12-5-1)14-8-3-4-10-9(6-8)13-7-15-10/h1-7,12H. The SMILES string of the molecule is c1c[nH]c(Oc2ccc3scnc3c2)c1. The number of aromatic nitrogens is 2. The minimum Gasteiger partial charge on any atom is -0.441 e. The molecule has 0 fully saturated rings. The second-order valence-corrected chi connectivity index (χ2v) is 4.00. The Morgan fingerprint density at radius 1 is 1.27 bits per heavy atom. The molecule has 0 aliphatic carbocycles. The van der Waals surface area contributed by atoms with Crippen LogP contribution in [0.2, 0.25) is 0 Å². The Balaban J connectivity index is 1.97. The molecule has 0 saturated carbocycles. The van der Waals surface area contributed by atoms with E-state index in [1.54, 1.807) is 11.3 Å². The van der Waals surface area contributed by atoms with Crippen molar-refractivity contribution in [2.75, 3.05) is 0 Å². The van der Waals surface area contributed by atoms with Gasteiger partial charge in [0.15, 0.2) is 5.88 Å². The van der Waals surface area contributed by atoms with E-state index in [1.165, 1.54) is 4.70 Å². The van der Waals surface area contributed by atoms with Crippen LogP contribution in [0, 0.1) is 0 Å². The average Bonchev–Trinajstić information content (AvgIpc) is 2.87. The van der Waals surface area contributed by atoms with Crippen LogP contribution >= 0.6 is 11.3 Å². The molecule has 0 aliphatic heterocycles. The first kappa shape index (κ1) is 8.49. The molecule has 0 aliphatic rings. The average molecular weight is 216 g/mol. The maximum Gasteiger partial charge on any atom is 0.197 e. The van der Waals surface area contributed by atoms with Crippen LogP contribution in [0.4, 0.5) is 0 Å². The van der Waals surface area contributed by atoms with Crippen LogP contribution in [0.1, 0.15) is 0 Å². The molecule has 74 valence electrons. The maximum absolute atomic E-state index is 5.60. The molecule has 3 aromatic rings. The molecule has 2 heterocycles. The van der Waals surface area contributed by atoms with Gasteiger partial charge in [-0.1, -0.05) is 0 Å². The Bertz CT molecular complexity index is 571. The van der Waals surface area contributed by atoms with Crippen molar-refractivity contribution >= 4 is 21.6 Å². The summed E-state index contributed by atoms with van der Waals surface area (Å²) in [6.07, 6.45) is 1.83. The molecule has 0 saturated heterocycles. The zero-order valence-corrected chi connectivity index (χ0v) is 8.62. The summed E-state index contributed by atoms with van der Waals surface area (Å²) in [5.41, 5.74) is 2.81. The van der Waals surface area contributed by atoms with Crippen LogP contribution < -0.4 is 4.74 Å². The number of hydrogen-bond acceptors (Lipinski definition) is 3. The van der Waals surface area contributed by atoms with Crippen LogP contribution in [0.5, 0.6) is 11.6 Å². The molecule has 15 heavy (non-hydrogen) atoms. The topological polar surface area (TPSA) is 37.9 Å². The highest BCUT2D eigenvalue weighted by molar-refractivity contribution is 7.16. The number of H-pyrrole nitrogens is 1. The third-order valence-electron chi connectivity index (χ3n) is 2.10. The summed E-state index contributed by atoms with van der Waals surface area (Å²) >= 11 is 1.63. The summed E-state index contributed by atoms with van der Waals surface area (Å²) in [7, 11) is 0. The number of nitrogens with one attached hydrogen (secondary N) is 1. The van der Waals surface area contributed by atoms with Gasteiger partial charge < -0.3 is 9.72 Å². The summed E-state index contributed by atoms with van der Waals surface area (Å²) in [5, 5.41) is 0. The Hall–Kier alpha value is -1.81. The molecule has 1 N–H and O–H groups in total. The van der Waals surface area contributed by atoms with E-state index in [0.29, 0.717) is 0 Å². The van der Waals surface area contributed by atoms with Crippen LogP contribution in [-0.2, 0) is 0 Å². The Morgan fingerprint density at radius 2 is 2.27 bits per heavy atom. The fourth-order valence-electron chi connectivity index (χ4n) is 1.41. The summed E-state index contributed by atoms with van der Waals surface area (Å²) in [4.78, 5) is 7.22. The van der Waals surface area contributed by atoms with Gasteiger partial charge in [0.2, 0.25) is 0 Å². The molecule has 3 rings (SSSR count). The third-order valence-corrected chi connectivity index (χ3v) is 2.91. The van der Waals surface area contributed by atoms with E-state index < -0.39 is 0 Å². The van der Waals surface area contributed by atoms with Crippen molar-refractivity contribution < 1.29 is 4.74 Å². The Labute approximate surface area is 90.4 Å². The van der Waals surface area contributed by atoms with Gasteiger partial charge >= 0.3 is 0 Å². The smallest absolute Gasteiger partial charge is 0.197 e. The lowest BCUT2D eigenvalue weighted by molar-refractivity contribution is 0.467. The minimum absolute atomic E-state index is 0.740. The molecular formula is C11H8N2OS. The Kier molecular flexibility index (Phi) is 1.93. The first-order valence-electron chi connectivity index (χ1n) is 4.56. The molecule has 0 atom stereocenters. The van der Waals surface area contributed by atoms with Crippen molar-refractivity contribution in [3.8, 4) is 11.6 Å². The molecule has 4 heteroatoms. The number of aromatic amines is 1. The summed E-state index contributed by atoms with van der Waals surface area (Å²) in [6, 6.07) is 9.68. The van der Waals surface area contributed by atoms with Crippen molar-refractivity contribution in [3.05, 3.63) is 42.0 Å². The summed E-state index contributed by atoms with van der Waals surface area (Å²) < 4.78 is 6.78. The number of fused-ring (bicyclic) bond motifs is 1. The summed E-state index contributed by atoms with van der Waals surface area (Å²) in [6.45, 7) is 0. The zero-order valence-electron chi connectivity index (χ0n) is 7.81. The van der Waals surface area contributed by atoms with Crippen molar-refractivity contribution in [2.45, 2.75) is 0 Å². The molecular weight excluding hydrogens is 208 g/mol. The summed E-state index contributed by atoms with van der Waals surface area (Å²) in [5.74, 6) is 1.54. The van der Waals surface area contributed by atoms with Gasteiger partial charge in [-0.2, -0.15) is 0 Å². The highest BCUT2D eigenvalue weighted by atomic mass is 32.1. The highest BCUT2D eigenvalue weighted by Gasteiger charge is 2.01. The fraction of sp³-hybridized carbons (Fsp3) is 0. The lowest BCUT2D eigenvalue weighted by Gasteiger charge is -2.01. The van der Waals surface area contributed by atoms with Crippen LogP contribution in [-0.4, -0.2) is 9.97 Å². The first-order valence-corrected chi connectivity index (χ1v) is 5.44. The lowest BCUT2D eigenvalue weighted by Crippen LogP contribution is -1.83. The van der Waals surface area contributed by atoms with E-state index in [9.17, 15) is 0 Å². The van der Waals surface area contributed by atoms with E-state index in [2.05, 4.69) is 9.97 Å².